The summed E-state index contributed by atoms with van der Waals surface area (Å²) in [5, 5.41) is 15.7. The Kier molecular flexibility index (Phi) is 2.94. The first kappa shape index (κ1) is 8.72. The molecule has 9 heavy (non-hydrogen) atoms. The number of amidine groups is 1. The van der Waals surface area contributed by atoms with Gasteiger partial charge in [0, 0.05) is 0 Å². The standard InChI is InChI=1S/C5H10N2O.ClH/c6-5(7)4(8)3-1-2-3;/h3-4,8H,1-2H2,(H3,6,7);1H. The second-order valence-corrected chi connectivity index (χ2v) is 2.24. The number of nitrogens with one attached hydrogen (secondary N) is 1. The van der Waals surface area contributed by atoms with Crippen LogP contribution in [0.15, 0.2) is 0 Å². The molecule has 4 heteroatoms. The minimum Gasteiger partial charge on any atom is -0.385 e. The van der Waals surface area contributed by atoms with Crippen LogP contribution in [-0.4, -0.2) is 17.0 Å². The lowest BCUT2D eigenvalue weighted by Gasteiger charge is -2.03. The molecule has 0 radical (unpaired) electrons. The maximum atomic E-state index is 8.92. The number of aliphatic hydroxyl groups is 1. The minimum atomic E-state index is -0.657. The summed E-state index contributed by atoms with van der Waals surface area (Å²) < 4.78 is 0. The smallest absolute Gasteiger partial charge is 0.120 e. The summed E-state index contributed by atoms with van der Waals surface area (Å²) in [6.07, 6.45) is 1.40. The van der Waals surface area contributed by atoms with Gasteiger partial charge in [0.05, 0.1) is 0 Å². The van der Waals surface area contributed by atoms with Gasteiger partial charge in [0.15, 0.2) is 0 Å². The molecular formula is C5H11ClN2O. The first-order chi connectivity index (χ1) is 3.72. The number of nitrogens with two attached hydrogens (primary N) is 1. The maximum Gasteiger partial charge on any atom is 0.120 e. The summed E-state index contributed by atoms with van der Waals surface area (Å²) in [7, 11) is 0. The Bertz CT molecular complexity index is 114. The van der Waals surface area contributed by atoms with Gasteiger partial charge in [-0.3, -0.25) is 5.41 Å². The van der Waals surface area contributed by atoms with Crippen molar-refractivity contribution >= 4 is 18.2 Å². The molecule has 0 spiro atoms. The normalized spacial score (nSPS) is 20.1. The average molecular weight is 151 g/mol. The third-order valence-corrected chi connectivity index (χ3v) is 1.39. The molecule has 1 saturated carbocycles. The van der Waals surface area contributed by atoms with Gasteiger partial charge in [-0.1, -0.05) is 0 Å². The molecule has 1 aliphatic carbocycles. The highest BCUT2D eigenvalue weighted by Crippen LogP contribution is 2.32. The minimum absolute atomic E-state index is 0. The fourth-order valence-electron chi connectivity index (χ4n) is 0.666. The second kappa shape index (κ2) is 3.03. The van der Waals surface area contributed by atoms with E-state index in [2.05, 4.69) is 0 Å². The van der Waals surface area contributed by atoms with Gasteiger partial charge in [-0.25, -0.2) is 0 Å². The van der Waals surface area contributed by atoms with Crippen molar-refractivity contribution in [1.29, 1.82) is 5.41 Å². The van der Waals surface area contributed by atoms with E-state index in [1.165, 1.54) is 0 Å². The largest absolute Gasteiger partial charge is 0.385 e. The molecule has 1 aliphatic rings. The van der Waals surface area contributed by atoms with Crippen LogP contribution >= 0.6 is 12.4 Å². The highest BCUT2D eigenvalue weighted by atomic mass is 35.5. The van der Waals surface area contributed by atoms with Gasteiger partial charge in [0.25, 0.3) is 0 Å². The van der Waals surface area contributed by atoms with Crippen LogP contribution in [0.1, 0.15) is 12.8 Å². The summed E-state index contributed by atoms with van der Waals surface area (Å²) in [5.41, 5.74) is 5.01. The first-order valence-corrected chi connectivity index (χ1v) is 2.74. The highest BCUT2D eigenvalue weighted by Gasteiger charge is 2.31. The summed E-state index contributed by atoms with van der Waals surface area (Å²) >= 11 is 0. The predicted octanol–water partition coefficient (Wildman–Crippen LogP) is 0.115. The molecular weight excluding hydrogens is 140 g/mol. The Morgan fingerprint density at radius 1 is 1.67 bits per heavy atom. The van der Waals surface area contributed by atoms with Gasteiger partial charge in [0.1, 0.15) is 11.9 Å². The topological polar surface area (TPSA) is 70.1 Å². The third kappa shape index (κ3) is 2.20. The van der Waals surface area contributed by atoms with E-state index in [-0.39, 0.29) is 18.2 Å². The lowest BCUT2D eigenvalue weighted by atomic mass is 10.2. The van der Waals surface area contributed by atoms with Crippen LogP contribution in [0.3, 0.4) is 0 Å². The Labute approximate surface area is 60.2 Å². The number of rotatable bonds is 2. The van der Waals surface area contributed by atoms with Crippen molar-refractivity contribution < 1.29 is 5.11 Å². The van der Waals surface area contributed by atoms with Gasteiger partial charge < -0.3 is 10.8 Å². The van der Waals surface area contributed by atoms with E-state index in [0.717, 1.165) is 12.8 Å². The summed E-state index contributed by atoms with van der Waals surface area (Å²) in [4.78, 5) is 0. The molecule has 0 saturated heterocycles. The maximum absolute atomic E-state index is 8.92. The summed E-state index contributed by atoms with van der Waals surface area (Å²) in [6, 6.07) is 0. The predicted molar refractivity (Wildman–Crippen MR) is 37.9 cm³/mol. The van der Waals surface area contributed by atoms with Crippen molar-refractivity contribution in [1.82, 2.24) is 0 Å². The molecule has 0 bridgehead atoms. The van der Waals surface area contributed by atoms with Crippen LogP contribution in [0.4, 0.5) is 0 Å². The van der Waals surface area contributed by atoms with E-state index in [1.54, 1.807) is 0 Å². The Morgan fingerprint density at radius 3 is 2.22 bits per heavy atom. The highest BCUT2D eigenvalue weighted by molar-refractivity contribution is 5.85. The van der Waals surface area contributed by atoms with Gasteiger partial charge in [-0.15, -0.1) is 12.4 Å². The van der Waals surface area contributed by atoms with E-state index in [0.29, 0.717) is 5.92 Å². The second-order valence-electron chi connectivity index (χ2n) is 2.24. The van der Waals surface area contributed by atoms with E-state index in [4.69, 9.17) is 16.2 Å². The zero-order chi connectivity index (χ0) is 6.15. The van der Waals surface area contributed by atoms with Crippen molar-refractivity contribution in [3.05, 3.63) is 0 Å². The molecule has 0 heterocycles. The molecule has 54 valence electrons. The summed E-state index contributed by atoms with van der Waals surface area (Å²) in [6.45, 7) is 0. The SMILES string of the molecule is Cl.N=C(N)C(O)C1CC1. The quantitative estimate of drug-likeness (QED) is 0.387. The molecule has 1 atom stereocenters. The van der Waals surface area contributed by atoms with Gasteiger partial charge in [-0.2, -0.15) is 0 Å². The van der Waals surface area contributed by atoms with E-state index < -0.39 is 6.10 Å². The third-order valence-electron chi connectivity index (χ3n) is 1.39. The first-order valence-electron chi connectivity index (χ1n) is 2.74. The fraction of sp³-hybridized carbons (Fsp3) is 0.800. The zero-order valence-electron chi connectivity index (χ0n) is 5.00. The molecule has 0 aromatic carbocycles. The zero-order valence-corrected chi connectivity index (χ0v) is 5.82. The lowest BCUT2D eigenvalue weighted by Crippen LogP contribution is -2.28. The average Bonchev–Trinajstić information content (AvgIpc) is 2.43. The van der Waals surface area contributed by atoms with E-state index in [1.807, 2.05) is 0 Å². The molecule has 4 N–H and O–H groups in total. The molecule has 1 fully saturated rings. The van der Waals surface area contributed by atoms with Crippen LogP contribution in [0.2, 0.25) is 0 Å². The molecule has 0 aliphatic heterocycles. The van der Waals surface area contributed by atoms with E-state index in [9.17, 15) is 0 Å². The molecule has 1 rings (SSSR count). The number of aliphatic hydroxyl groups excluding tert-OH is 1. The number of halogens is 1. The number of hydrogen-bond acceptors (Lipinski definition) is 2. The van der Waals surface area contributed by atoms with Crippen molar-refractivity contribution in [2.45, 2.75) is 18.9 Å². The van der Waals surface area contributed by atoms with Crippen molar-refractivity contribution in [2.75, 3.05) is 0 Å². The Morgan fingerprint density at radius 2 is 2.11 bits per heavy atom. The Balaban J connectivity index is 0.000000640. The van der Waals surface area contributed by atoms with Gasteiger partial charge >= 0.3 is 0 Å². The van der Waals surface area contributed by atoms with Crippen LogP contribution in [0.5, 0.6) is 0 Å². The van der Waals surface area contributed by atoms with Crippen LogP contribution < -0.4 is 5.73 Å². The molecule has 3 nitrogen and oxygen atoms in total. The Hall–Kier alpha value is -0.280. The van der Waals surface area contributed by atoms with Crippen LogP contribution in [0, 0.1) is 11.3 Å². The van der Waals surface area contributed by atoms with Crippen molar-refractivity contribution in [3.8, 4) is 0 Å². The fourth-order valence-corrected chi connectivity index (χ4v) is 0.666. The molecule has 0 amide bonds. The molecule has 0 aromatic heterocycles. The molecule has 0 aromatic rings. The monoisotopic (exact) mass is 150 g/mol. The lowest BCUT2D eigenvalue weighted by molar-refractivity contribution is 0.216. The number of hydrogen-bond donors (Lipinski definition) is 3. The van der Waals surface area contributed by atoms with E-state index >= 15 is 0 Å². The summed E-state index contributed by atoms with van der Waals surface area (Å²) in [5.74, 6) is 0.208. The van der Waals surface area contributed by atoms with Gasteiger partial charge in [0.2, 0.25) is 0 Å². The van der Waals surface area contributed by atoms with Crippen molar-refractivity contribution in [3.63, 3.8) is 0 Å². The van der Waals surface area contributed by atoms with Crippen LogP contribution in [0.25, 0.3) is 0 Å². The van der Waals surface area contributed by atoms with Gasteiger partial charge in [-0.05, 0) is 18.8 Å². The van der Waals surface area contributed by atoms with Crippen LogP contribution in [-0.2, 0) is 0 Å². The molecule has 1 unspecified atom stereocenters. The van der Waals surface area contributed by atoms with Crippen molar-refractivity contribution in [2.24, 2.45) is 11.7 Å².